The maximum atomic E-state index is 11.9. The van der Waals surface area contributed by atoms with Gasteiger partial charge in [-0.3, -0.25) is 18.0 Å². The van der Waals surface area contributed by atoms with Crippen LogP contribution < -0.4 is 0 Å². The third-order valence-electron chi connectivity index (χ3n) is 6.58. The van der Waals surface area contributed by atoms with E-state index in [0.717, 1.165) is 37.1 Å². The molecule has 220 valence electrons. The second-order valence-electron chi connectivity index (χ2n) is 9.85. The lowest BCUT2D eigenvalue weighted by molar-refractivity contribution is -0.128. The summed E-state index contributed by atoms with van der Waals surface area (Å²) in [6, 6.07) is 13.1. The molecule has 40 heavy (non-hydrogen) atoms. The Bertz CT molecular complexity index is 1240. The monoisotopic (exact) mass is 594 g/mol. The van der Waals surface area contributed by atoms with Gasteiger partial charge in [0.2, 0.25) is 11.8 Å². The fourth-order valence-electron chi connectivity index (χ4n) is 4.27. The highest BCUT2D eigenvalue weighted by Gasteiger charge is 2.21. The molecule has 0 atom stereocenters. The molecule has 10 nitrogen and oxygen atoms in total. The van der Waals surface area contributed by atoms with Gasteiger partial charge in [-0.1, -0.05) is 35.4 Å². The molecule has 0 aromatic heterocycles. The number of rotatable bonds is 12. The van der Waals surface area contributed by atoms with Crippen molar-refractivity contribution in [3.8, 4) is 0 Å². The number of likely N-dealkylation sites (tertiary alicyclic amines) is 2. The molecule has 2 aliphatic heterocycles. The molecule has 0 radical (unpaired) electrons. The summed E-state index contributed by atoms with van der Waals surface area (Å²) in [5, 5.41) is 0. The first kappa shape index (κ1) is 31.7. The zero-order valence-corrected chi connectivity index (χ0v) is 24.7. The Hall–Kier alpha value is -2.80. The number of hydrogen-bond donors (Lipinski definition) is 0. The zero-order valence-electron chi connectivity index (χ0n) is 23.1. The smallest absolute Gasteiger partial charge is 0.296 e. The minimum absolute atomic E-state index is 0.0972. The normalized spacial score (nSPS) is 15.8. The molecule has 2 fully saturated rings. The van der Waals surface area contributed by atoms with E-state index in [1.807, 2.05) is 13.8 Å². The van der Waals surface area contributed by atoms with E-state index in [4.69, 9.17) is 8.37 Å². The van der Waals surface area contributed by atoms with Gasteiger partial charge in [-0.15, -0.1) is 0 Å². The fraction of sp³-hybridized carbons (Fsp3) is 0.500. The number of nitrogens with zero attached hydrogens (tertiary/aromatic N) is 2. The SMILES string of the molecule is Cc1ccc(S(=O)(=O)OCCCN2CCCC2=O)cc1.Cc1ccc(S(=O)(=O)OCCCN2CCCC2=O)cc1. The summed E-state index contributed by atoms with van der Waals surface area (Å²) in [6.07, 6.45) is 4.03. The molecule has 0 bridgehead atoms. The van der Waals surface area contributed by atoms with E-state index >= 15 is 0 Å². The number of aryl methyl sites for hydroxylation is 2. The van der Waals surface area contributed by atoms with Crippen LogP contribution >= 0.6 is 0 Å². The van der Waals surface area contributed by atoms with Crippen molar-refractivity contribution in [2.24, 2.45) is 0 Å². The molecule has 2 heterocycles. The van der Waals surface area contributed by atoms with Gasteiger partial charge in [0.15, 0.2) is 0 Å². The van der Waals surface area contributed by atoms with Crippen LogP contribution in [0.2, 0.25) is 0 Å². The minimum Gasteiger partial charge on any atom is -0.343 e. The van der Waals surface area contributed by atoms with Gasteiger partial charge in [-0.05, 0) is 63.8 Å². The van der Waals surface area contributed by atoms with Gasteiger partial charge in [0.1, 0.15) is 0 Å². The van der Waals surface area contributed by atoms with Crippen LogP contribution in [-0.4, -0.2) is 77.8 Å². The van der Waals surface area contributed by atoms with Gasteiger partial charge in [-0.2, -0.15) is 16.8 Å². The quantitative estimate of drug-likeness (QED) is 0.270. The third-order valence-corrected chi connectivity index (χ3v) is 9.24. The van der Waals surface area contributed by atoms with E-state index in [1.54, 1.807) is 34.1 Å². The van der Waals surface area contributed by atoms with Crippen molar-refractivity contribution in [1.82, 2.24) is 9.80 Å². The third kappa shape index (κ3) is 9.69. The Morgan fingerprint density at radius 3 is 1.27 bits per heavy atom. The number of carbonyl (C=O) groups excluding carboxylic acids is 2. The molecule has 2 amide bonds. The summed E-state index contributed by atoms with van der Waals surface area (Å²) < 4.78 is 57.6. The van der Waals surface area contributed by atoms with Gasteiger partial charge in [0.05, 0.1) is 23.0 Å². The first-order valence-electron chi connectivity index (χ1n) is 13.5. The van der Waals surface area contributed by atoms with Gasteiger partial charge >= 0.3 is 0 Å². The summed E-state index contributed by atoms with van der Waals surface area (Å²) in [4.78, 5) is 26.6. The molecule has 0 unspecified atom stereocenters. The minimum atomic E-state index is -3.69. The average Bonchev–Trinajstić information content (AvgIpc) is 3.52. The largest absolute Gasteiger partial charge is 0.343 e. The lowest BCUT2D eigenvalue weighted by Crippen LogP contribution is -2.26. The van der Waals surface area contributed by atoms with E-state index in [2.05, 4.69) is 0 Å². The molecule has 0 saturated carbocycles. The van der Waals surface area contributed by atoms with Gasteiger partial charge in [-0.25, -0.2) is 0 Å². The van der Waals surface area contributed by atoms with E-state index in [0.29, 0.717) is 38.8 Å². The lowest BCUT2D eigenvalue weighted by Gasteiger charge is -2.14. The Kier molecular flexibility index (Phi) is 11.7. The van der Waals surface area contributed by atoms with Crippen LogP contribution in [0.3, 0.4) is 0 Å². The molecule has 2 saturated heterocycles. The molecule has 4 rings (SSSR count). The Labute approximate surface area is 237 Å². The van der Waals surface area contributed by atoms with Crippen LogP contribution in [0.25, 0.3) is 0 Å². The molecule has 2 aromatic carbocycles. The van der Waals surface area contributed by atoms with Gasteiger partial charge in [0, 0.05) is 39.0 Å². The summed E-state index contributed by atoms with van der Waals surface area (Å²) in [5.41, 5.74) is 1.99. The number of hydrogen-bond acceptors (Lipinski definition) is 8. The highest BCUT2D eigenvalue weighted by molar-refractivity contribution is 7.87. The zero-order chi connectivity index (χ0) is 29.2. The first-order valence-corrected chi connectivity index (χ1v) is 16.3. The van der Waals surface area contributed by atoms with Crippen LogP contribution in [0, 0.1) is 13.8 Å². The number of amides is 2. The lowest BCUT2D eigenvalue weighted by atomic mass is 10.2. The molecule has 12 heteroatoms. The van der Waals surface area contributed by atoms with Gasteiger partial charge in [0.25, 0.3) is 20.2 Å². The predicted molar refractivity (Wildman–Crippen MR) is 149 cm³/mol. The maximum absolute atomic E-state index is 11.9. The summed E-state index contributed by atoms with van der Waals surface area (Å²) in [7, 11) is -7.38. The topological polar surface area (TPSA) is 127 Å². The van der Waals surface area contributed by atoms with Crippen molar-refractivity contribution in [2.45, 2.75) is 62.2 Å². The molecular weight excluding hydrogens is 556 g/mol. The number of benzene rings is 2. The molecular formula is C28H38N2O8S2. The molecule has 2 aliphatic rings. The molecule has 0 spiro atoms. The summed E-state index contributed by atoms with van der Waals surface area (Å²) in [6.45, 7) is 6.63. The molecule has 0 N–H and O–H groups in total. The Balaban J connectivity index is 0.000000220. The second-order valence-corrected chi connectivity index (χ2v) is 13.1. The Morgan fingerprint density at radius 2 is 0.975 bits per heavy atom. The van der Waals surface area contributed by atoms with Crippen LogP contribution in [-0.2, 0) is 38.2 Å². The van der Waals surface area contributed by atoms with Crippen molar-refractivity contribution >= 4 is 32.1 Å². The first-order chi connectivity index (χ1) is 19.0. The predicted octanol–water partition coefficient (Wildman–Crippen LogP) is 3.43. The summed E-state index contributed by atoms with van der Waals surface area (Å²) >= 11 is 0. The molecule has 2 aromatic rings. The van der Waals surface area contributed by atoms with Crippen molar-refractivity contribution in [2.75, 3.05) is 39.4 Å². The van der Waals surface area contributed by atoms with Crippen LogP contribution in [0.5, 0.6) is 0 Å². The highest BCUT2D eigenvalue weighted by Crippen LogP contribution is 2.16. The van der Waals surface area contributed by atoms with E-state index in [-0.39, 0.29) is 34.8 Å². The highest BCUT2D eigenvalue weighted by atomic mass is 32.2. The van der Waals surface area contributed by atoms with Crippen molar-refractivity contribution in [1.29, 1.82) is 0 Å². The van der Waals surface area contributed by atoms with Gasteiger partial charge < -0.3 is 9.80 Å². The standard InChI is InChI=1S/2C14H19NO4S/c2*1-12-5-7-13(8-6-12)20(17,18)19-11-3-10-15-9-2-4-14(15)16/h2*5-8H,2-4,9-11H2,1H3. The second kappa shape index (κ2) is 14.7. The van der Waals surface area contributed by atoms with Crippen LogP contribution in [0.4, 0.5) is 0 Å². The van der Waals surface area contributed by atoms with E-state index < -0.39 is 20.2 Å². The van der Waals surface area contributed by atoms with Crippen molar-refractivity contribution in [3.63, 3.8) is 0 Å². The Morgan fingerprint density at radius 1 is 0.625 bits per heavy atom. The molecule has 0 aliphatic carbocycles. The van der Waals surface area contributed by atoms with Crippen molar-refractivity contribution in [3.05, 3.63) is 59.7 Å². The van der Waals surface area contributed by atoms with Crippen molar-refractivity contribution < 1.29 is 34.8 Å². The number of carbonyl (C=O) groups is 2. The van der Waals surface area contributed by atoms with Crippen LogP contribution in [0.15, 0.2) is 58.3 Å². The van der Waals surface area contributed by atoms with E-state index in [9.17, 15) is 26.4 Å². The van der Waals surface area contributed by atoms with E-state index in [1.165, 1.54) is 24.3 Å². The average molecular weight is 595 g/mol. The maximum Gasteiger partial charge on any atom is 0.296 e. The summed E-state index contributed by atoms with van der Waals surface area (Å²) in [5.74, 6) is 0.290. The van der Waals surface area contributed by atoms with Crippen LogP contribution in [0.1, 0.15) is 49.7 Å². The fourth-order valence-corrected chi connectivity index (χ4v) is 6.16.